The van der Waals surface area contributed by atoms with Crippen molar-refractivity contribution in [1.82, 2.24) is 4.72 Å². The highest BCUT2D eigenvalue weighted by molar-refractivity contribution is 7.89. The fourth-order valence-corrected chi connectivity index (χ4v) is 2.55. The molecule has 0 aromatic heterocycles. The molecule has 1 aromatic rings. The molecule has 0 bridgehead atoms. The predicted molar refractivity (Wildman–Crippen MR) is 69.8 cm³/mol. The lowest BCUT2D eigenvalue weighted by Gasteiger charge is -2.10. The van der Waals surface area contributed by atoms with Crippen LogP contribution in [0, 0.1) is 0 Å². The number of hydrogen-bond donors (Lipinski definition) is 1. The maximum absolute atomic E-state index is 12.0. The number of alkyl halides is 6. The summed E-state index contributed by atoms with van der Waals surface area (Å²) in [5.74, 6) is -0.581. The van der Waals surface area contributed by atoms with Gasteiger partial charge in [0.2, 0.25) is 10.0 Å². The largest absolute Gasteiger partial charge is 0.573 e. The van der Waals surface area contributed by atoms with Crippen LogP contribution in [-0.2, 0) is 14.8 Å². The maximum Gasteiger partial charge on any atom is 0.573 e. The summed E-state index contributed by atoms with van der Waals surface area (Å²) in [7, 11) is -4.00. The molecular formula is C12H13F6NO4S. The van der Waals surface area contributed by atoms with Gasteiger partial charge in [-0.05, 0) is 30.7 Å². The Morgan fingerprint density at radius 3 is 2.08 bits per heavy atom. The Labute approximate surface area is 133 Å². The Balaban J connectivity index is 2.45. The highest BCUT2D eigenvalue weighted by Crippen LogP contribution is 2.23. The van der Waals surface area contributed by atoms with E-state index in [0.717, 1.165) is 24.3 Å². The number of halogens is 6. The second kappa shape index (κ2) is 8.03. The van der Waals surface area contributed by atoms with E-state index in [1.807, 2.05) is 0 Å². The monoisotopic (exact) mass is 381 g/mol. The van der Waals surface area contributed by atoms with Crippen molar-refractivity contribution >= 4 is 10.0 Å². The highest BCUT2D eigenvalue weighted by Gasteiger charge is 2.31. The van der Waals surface area contributed by atoms with Gasteiger partial charge in [-0.25, -0.2) is 13.1 Å². The third-order valence-electron chi connectivity index (χ3n) is 2.39. The lowest BCUT2D eigenvalue weighted by atomic mass is 10.3. The SMILES string of the molecule is O=S(=O)(NCCCOCC(F)(F)F)c1ccc(OC(F)(F)F)cc1. The van der Waals surface area contributed by atoms with Gasteiger partial charge < -0.3 is 9.47 Å². The Morgan fingerprint density at radius 1 is 1.00 bits per heavy atom. The first-order chi connectivity index (χ1) is 10.9. The molecule has 12 heteroatoms. The average molecular weight is 381 g/mol. The Morgan fingerprint density at radius 2 is 1.58 bits per heavy atom. The molecule has 0 amide bonds. The van der Waals surface area contributed by atoms with Crippen molar-refractivity contribution in [3.63, 3.8) is 0 Å². The van der Waals surface area contributed by atoms with E-state index in [1.54, 1.807) is 0 Å². The van der Waals surface area contributed by atoms with E-state index in [-0.39, 0.29) is 24.5 Å². The zero-order chi connectivity index (χ0) is 18.4. The summed E-state index contributed by atoms with van der Waals surface area (Å²) in [6.07, 6.45) is -9.36. The molecule has 1 N–H and O–H groups in total. The van der Waals surface area contributed by atoms with E-state index in [9.17, 15) is 34.8 Å². The minimum atomic E-state index is -4.89. The van der Waals surface area contributed by atoms with E-state index in [2.05, 4.69) is 14.2 Å². The van der Waals surface area contributed by atoms with Gasteiger partial charge in [-0.15, -0.1) is 13.2 Å². The van der Waals surface area contributed by atoms with Crippen molar-refractivity contribution in [2.45, 2.75) is 23.9 Å². The van der Waals surface area contributed by atoms with E-state index in [4.69, 9.17) is 0 Å². The molecule has 24 heavy (non-hydrogen) atoms. The number of ether oxygens (including phenoxy) is 2. The van der Waals surface area contributed by atoms with Gasteiger partial charge in [-0.2, -0.15) is 13.2 Å². The highest BCUT2D eigenvalue weighted by atomic mass is 32.2. The molecule has 1 aromatic carbocycles. The summed E-state index contributed by atoms with van der Waals surface area (Å²) in [5.41, 5.74) is 0. The van der Waals surface area contributed by atoms with Crippen LogP contribution in [0.15, 0.2) is 29.2 Å². The summed E-state index contributed by atoms with van der Waals surface area (Å²) in [5, 5.41) is 0. The lowest BCUT2D eigenvalue weighted by Crippen LogP contribution is -2.26. The van der Waals surface area contributed by atoms with Gasteiger partial charge in [0.15, 0.2) is 0 Å². The summed E-state index contributed by atoms with van der Waals surface area (Å²) in [6, 6.07) is 3.47. The standard InChI is InChI=1S/C12H13F6NO4S/c13-11(14,15)8-22-7-1-6-19-24(20,21)10-4-2-9(3-5-10)23-12(16,17)18/h2-5,19H,1,6-8H2. The number of benzene rings is 1. The smallest absolute Gasteiger partial charge is 0.406 e. The molecule has 1 rings (SSSR count). The molecule has 5 nitrogen and oxygen atoms in total. The molecule has 0 saturated carbocycles. The predicted octanol–water partition coefficient (Wildman–Crippen LogP) is 2.83. The van der Waals surface area contributed by atoms with Crippen molar-refractivity contribution in [2.75, 3.05) is 19.8 Å². The van der Waals surface area contributed by atoms with Crippen molar-refractivity contribution in [3.05, 3.63) is 24.3 Å². The molecular weight excluding hydrogens is 368 g/mol. The Hall–Kier alpha value is -1.53. The van der Waals surface area contributed by atoms with Gasteiger partial charge in [-0.1, -0.05) is 0 Å². The number of nitrogens with one attached hydrogen (secondary N) is 1. The number of rotatable bonds is 8. The van der Waals surface area contributed by atoms with Crippen molar-refractivity contribution < 1.29 is 44.2 Å². The van der Waals surface area contributed by atoms with Crippen LogP contribution in [0.25, 0.3) is 0 Å². The van der Waals surface area contributed by atoms with Crippen LogP contribution in [0.2, 0.25) is 0 Å². The summed E-state index contributed by atoms with van der Waals surface area (Å²) in [4.78, 5) is -0.312. The lowest BCUT2D eigenvalue weighted by molar-refractivity contribution is -0.274. The van der Waals surface area contributed by atoms with E-state index < -0.39 is 34.9 Å². The average Bonchev–Trinajstić information content (AvgIpc) is 2.40. The molecule has 0 saturated heterocycles. The minimum absolute atomic E-state index is 0.00935. The zero-order valence-electron chi connectivity index (χ0n) is 11.9. The summed E-state index contributed by atoms with van der Waals surface area (Å²) in [6.45, 7) is -1.93. The number of hydrogen-bond acceptors (Lipinski definition) is 4. The van der Waals surface area contributed by atoms with Crippen LogP contribution in [0.3, 0.4) is 0 Å². The van der Waals surface area contributed by atoms with Gasteiger partial charge in [-0.3, -0.25) is 0 Å². The van der Waals surface area contributed by atoms with Gasteiger partial charge in [0.25, 0.3) is 0 Å². The first kappa shape index (κ1) is 20.5. The first-order valence-electron chi connectivity index (χ1n) is 6.39. The molecule has 138 valence electrons. The molecule has 0 atom stereocenters. The van der Waals surface area contributed by atoms with Crippen molar-refractivity contribution in [3.8, 4) is 5.75 Å². The molecule has 0 heterocycles. The van der Waals surface area contributed by atoms with Crippen LogP contribution in [0.5, 0.6) is 5.75 Å². The topological polar surface area (TPSA) is 64.6 Å². The number of sulfonamides is 1. The first-order valence-corrected chi connectivity index (χ1v) is 7.87. The van der Waals surface area contributed by atoms with Crippen LogP contribution in [0.1, 0.15) is 6.42 Å². The van der Waals surface area contributed by atoms with Crippen molar-refractivity contribution in [1.29, 1.82) is 0 Å². The van der Waals surface area contributed by atoms with Gasteiger partial charge >= 0.3 is 12.5 Å². The normalized spacial score (nSPS) is 13.1. The third-order valence-corrected chi connectivity index (χ3v) is 3.87. The molecule has 0 radical (unpaired) electrons. The van der Waals surface area contributed by atoms with E-state index in [1.165, 1.54) is 0 Å². The zero-order valence-corrected chi connectivity index (χ0v) is 12.8. The summed E-state index contributed by atoms with van der Waals surface area (Å²) >= 11 is 0. The maximum atomic E-state index is 12.0. The van der Waals surface area contributed by atoms with Crippen LogP contribution >= 0.6 is 0 Å². The van der Waals surface area contributed by atoms with Gasteiger partial charge in [0.05, 0.1) is 4.90 Å². The third kappa shape index (κ3) is 8.36. The second-order valence-corrected chi connectivity index (χ2v) is 6.21. The quantitative estimate of drug-likeness (QED) is 0.556. The van der Waals surface area contributed by atoms with Gasteiger partial charge in [0.1, 0.15) is 12.4 Å². The van der Waals surface area contributed by atoms with Crippen molar-refractivity contribution in [2.24, 2.45) is 0 Å². The molecule has 0 spiro atoms. The van der Waals surface area contributed by atoms with E-state index in [0.29, 0.717) is 0 Å². The molecule has 0 unspecified atom stereocenters. The summed E-state index contributed by atoms with van der Waals surface area (Å²) < 4.78 is 105. The Bertz CT molecular complexity index is 612. The Kier molecular flexibility index (Phi) is 6.86. The molecule has 0 aliphatic rings. The molecule has 0 fully saturated rings. The minimum Gasteiger partial charge on any atom is -0.406 e. The van der Waals surface area contributed by atoms with Crippen LogP contribution < -0.4 is 9.46 Å². The molecule has 0 aliphatic carbocycles. The van der Waals surface area contributed by atoms with Crippen LogP contribution in [-0.4, -0.2) is 40.7 Å². The van der Waals surface area contributed by atoms with Gasteiger partial charge in [0, 0.05) is 13.2 Å². The fraction of sp³-hybridized carbons (Fsp3) is 0.500. The van der Waals surface area contributed by atoms with Crippen LogP contribution in [0.4, 0.5) is 26.3 Å². The van der Waals surface area contributed by atoms with E-state index >= 15 is 0 Å². The fourth-order valence-electron chi connectivity index (χ4n) is 1.47. The molecule has 0 aliphatic heterocycles. The second-order valence-electron chi connectivity index (χ2n) is 4.44.